The third-order valence-corrected chi connectivity index (χ3v) is 3.19. The summed E-state index contributed by atoms with van der Waals surface area (Å²) in [4.78, 5) is 10.7. The van der Waals surface area contributed by atoms with Crippen LogP contribution in [0.2, 0.25) is 0 Å². The van der Waals surface area contributed by atoms with Crippen LogP contribution in [0, 0.1) is 12.7 Å². The first-order valence-electron chi connectivity index (χ1n) is 5.16. The number of phenolic OH excluding ortho intramolecular Hbond substituents is 1. The molecule has 3 nitrogen and oxygen atoms in total. The molecule has 0 unspecified atom stereocenters. The van der Waals surface area contributed by atoms with Crippen LogP contribution in [-0.2, 0) is 10.2 Å². The number of hydrogen-bond donors (Lipinski definition) is 2. The first-order chi connectivity index (χ1) is 7.44. The fourth-order valence-corrected chi connectivity index (χ4v) is 2.07. The second-order valence-electron chi connectivity index (χ2n) is 4.47. The monoisotopic (exact) mass is 224 g/mol. The molecule has 0 radical (unpaired) electrons. The van der Waals surface area contributed by atoms with E-state index in [0.29, 0.717) is 24.0 Å². The van der Waals surface area contributed by atoms with Crippen LogP contribution in [0.15, 0.2) is 12.1 Å². The Balaban J connectivity index is 2.41. The summed E-state index contributed by atoms with van der Waals surface area (Å²) >= 11 is 0. The highest BCUT2D eigenvalue weighted by molar-refractivity contribution is 5.70. The molecular formula is C12H13FO3. The smallest absolute Gasteiger partial charge is 0.304 e. The van der Waals surface area contributed by atoms with Gasteiger partial charge >= 0.3 is 5.97 Å². The maximum absolute atomic E-state index is 13.4. The Kier molecular flexibility index (Phi) is 2.37. The zero-order valence-electron chi connectivity index (χ0n) is 8.96. The van der Waals surface area contributed by atoms with Crippen molar-refractivity contribution in [1.82, 2.24) is 0 Å². The van der Waals surface area contributed by atoms with Crippen LogP contribution in [0.25, 0.3) is 0 Å². The van der Waals surface area contributed by atoms with Crippen molar-refractivity contribution in [2.75, 3.05) is 0 Å². The van der Waals surface area contributed by atoms with Gasteiger partial charge in [0.05, 0.1) is 6.42 Å². The summed E-state index contributed by atoms with van der Waals surface area (Å²) in [6.07, 6.45) is 1.33. The number of benzene rings is 1. The predicted octanol–water partition coefficient (Wildman–Crippen LogP) is 2.35. The van der Waals surface area contributed by atoms with Crippen LogP contribution in [-0.4, -0.2) is 16.2 Å². The Labute approximate surface area is 92.5 Å². The summed E-state index contributed by atoms with van der Waals surface area (Å²) in [6.45, 7) is 1.57. The minimum absolute atomic E-state index is 0.00218. The van der Waals surface area contributed by atoms with Crippen molar-refractivity contribution < 1.29 is 19.4 Å². The zero-order chi connectivity index (χ0) is 11.9. The van der Waals surface area contributed by atoms with Crippen LogP contribution in [0.5, 0.6) is 5.75 Å². The number of aryl methyl sites for hydroxylation is 1. The van der Waals surface area contributed by atoms with Crippen molar-refractivity contribution in [1.29, 1.82) is 0 Å². The van der Waals surface area contributed by atoms with Gasteiger partial charge in [-0.25, -0.2) is 4.39 Å². The highest BCUT2D eigenvalue weighted by atomic mass is 19.1. The van der Waals surface area contributed by atoms with Gasteiger partial charge in [-0.05, 0) is 37.5 Å². The molecule has 0 aliphatic heterocycles. The summed E-state index contributed by atoms with van der Waals surface area (Å²) in [5.74, 6) is -1.32. The fraction of sp³-hybridized carbons (Fsp3) is 0.417. The van der Waals surface area contributed by atoms with Crippen LogP contribution in [0.1, 0.15) is 30.4 Å². The molecule has 0 atom stereocenters. The first-order valence-corrected chi connectivity index (χ1v) is 5.16. The summed E-state index contributed by atoms with van der Waals surface area (Å²) < 4.78 is 13.4. The Hall–Kier alpha value is -1.58. The van der Waals surface area contributed by atoms with Crippen molar-refractivity contribution >= 4 is 5.97 Å². The molecule has 1 aliphatic carbocycles. The Bertz CT molecular complexity index is 450. The lowest BCUT2D eigenvalue weighted by molar-refractivity contribution is -0.137. The van der Waals surface area contributed by atoms with E-state index in [0.717, 1.165) is 0 Å². The molecule has 16 heavy (non-hydrogen) atoms. The van der Waals surface area contributed by atoms with Crippen LogP contribution < -0.4 is 0 Å². The normalized spacial score (nSPS) is 17.1. The molecule has 1 saturated carbocycles. The van der Waals surface area contributed by atoms with E-state index in [2.05, 4.69) is 0 Å². The van der Waals surface area contributed by atoms with E-state index < -0.39 is 17.2 Å². The van der Waals surface area contributed by atoms with Gasteiger partial charge in [-0.1, -0.05) is 0 Å². The lowest BCUT2D eigenvalue weighted by Crippen LogP contribution is -2.13. The molecule has 0 heterocycles. The van der Waals surface area contributed by atoms with Crippen LogP contribution >= 0.6 is 0 Å². The van der Waals surface area contributed by atoms with E-state index in [1.165, 1.54) is 12.1 Å². The van der Waals surface area contributed by atoms with E-state index in [-0.39, 0.29) is 12.2 Å². The zero-order valence-corrected chi connectivity index (χ0v) is 8.96. The molecule has 4 heteroatoms. The minimum Gasteiger partial charge on any atom is -0.508 e. The molecule has 0 bridgehead atoms. The molecule has 0 saturated heterocycles. The molecular weight excluding hydrogens is 211 g/mol. The molecule has 2 rings (SSSR count). The molecule has 86 valence electrons. The number of aromatic hydroxyl groups is 1. The Morgan fingerprint density at radius 2 is 2.12 bits per heavy atom. The lowest BCUT2D eigenvalue weighted by atomic mass is 9.90. The number of carboxylic acids is 1. The number of carbonyl (C=O) groups is 1. The van der Waals surface area contributed by atoms with Gasteiger partial charge in [0.1, 0.15) is 11.6 Å². The van der Waals surface area contributed by atoms with Gasteiger partial charge in [0.2, 0.25) is 0 Å². The highest BCUT2D eigenvalue weighted by Gasteiger charge is 2.47. The van der Waals surface area contributed by atoms with Gasteiger partial charge in [-0.3, -0.25) is 4.79 Å². The quantitative estimate of drug-likeness (QED) is 0.828. The molecule has 2 N–H and O–H groups in total. The van der Waals surface area contributed by atoms with Crippen LogP contribution in [0.3, 0.4) is 0 Å². The molecule has 0 amide bonds. The van der Waals surface area contributed by atoms with E-state index in [1.807, 2.05) is 0 Å². The molecule has 1 aromatic rings. The van der Waals surface area contributed by atoms with Crippen molar-refractivity contribution in [2.24, 2.45) is 0 Å². The van der Waals surface area contributed by atoms with Gasteiger partial charge < -0.3 is 10.2 Å². The van der Waals surface area contributed by atoms with E-state index in [4.69, 9.17) is 5.11 Å². The number of aliphatic carboxylic acids is 1. The average molecular weight is 224 g/mol. The molecule has 1 aliphatic rings. The SMILES string of the molecule is Cc1cc(O)c(C2(CC(=O)O)CC2)cc1F. The summed E-state index contributed by atoms with van der Waals surface area (Å²) in [5.41, 5.74) is 0.246. The number of phenols is 1. The molecule has 0 spiro atoms. The van der Waals surface area contributed by atoms with E-state index in [1.54, 1.807) is 6.92 Å². The minimum atomic E-state index is -0.919. The number of hydrogen-bond acceptors (Lipinski definition) is 2. The van der Waals surface area contributed by atoms with Crippen molar-refractivity contribution in [3.8, 4) is 5.75 Å². The number of carboxylic acid groups (broad SMARTS) is 1. The lowest BCUT2D eigenvalue weighted by Gasteiger charge is -2.15. The largest absolute Gasteiger partial charge is 0.508 e. The van der Waals surface area contributed by atoms with Gasteiger partial charge in [0, 0.05) is 11.0 Å². The Morgan fingerprint density at radius 3 is 2.62 bits per heavy atom. The summed E-state index contributed by atoms with van der Waals surface area (Å²) in [5, 5.41) is 18.5. The van der Waals surface area contributed by atoms with Gasteiger partial charge in [0.25, 0.3) is 0 Å². The molecule has 0 aromatic heterocycles. The predicted molar refractivity (Wildman–Crippen MR) is 56.0 cm³/mol. The second-order valence-corrected chi connectivity index (χ2v) is 4.47. The van der Waals surface area contributed by atoms with Gasteiger partial charge in [-0.15, -0.1) is 0 Å². The van der Waals surface area contributed by atoms with E-state index >= 15 is 0 Å². The van der Waals surface area contributed by atoms with Gasteiger partial charge in [-0.2, -0.15) is 0 Å². The standard InChI is InChI=1S/C12H13FO3/c1-7-4-10(14)8(5-9(7)13)12(2-3-12)6-11(15)16/h4-5,14H,2-3,6H2,1H3,(H,15,16). The maximum Gasteiger partial charge on any atom is 0.304 e. The second kappa shape index (κ2) is 3.47. The fourth-order valence-electron chi connectivity index (χ4n) is 2.07. The van der Waals surface area contributed by atoms with Crippen molar-refractivity contribution in [3.63, 3.8) is 0 Å². The molecule has 1 aromatic carbocycles. The highest BCUT2D eigenvalue weighted by Crippen LogP contribution is 2.53. The first kappa shape index (κ1) is 10.9. The topological polar surface area (TPSA) is 57.5 Å². The van der Waals surface area contributed by atoms with E-state index in [9.17, 15) is 14.3 Å². The molecule has 1 fully saturated rings. The summed E-state index contributed by atoms with van der Waals surface area (Å²) in [7, 11) is 0. The van der Waals surface area contributed by atoms with Crippen molar-refractivity contribution in [2.45, 2.75) is 31.6 Å². The third-order valence-electron chi connectivity index (χ3n) is 3.19. The Morgan fingerprint density at radius 1 is 1.50 bits per heavy atom. The number of rotatable bonds is 3. The summed E-state index contributed by atoms with van der Waals surface area (Å²) in [6, 6.07) is 2.62. The van der Waals surface area contributed by atoms with Gasteiger partial charge in [0.15, 0.2) is 0 Å². The van der Waals surface area contributed by atoms with Crippen LogP contribution in [0.4, 0.5) is 4.39 Å². The number of halogens is 1. The third kappa shape index (κ3) is 1.75. The maximum atomic E-state index is 13.4. The average Bonchev–Trinajstić information content (AvgIpc) is 2.91. The van der Waals surface area contributed by atoms with Crippen molar-refractivity contribution in [3.05, 3.63) is 29.1 Å².